The molecule has 6 rings (SSSR count). The van der Waals surface area contributed by atoms with E-state index in [4.69, 9.17) is 21.1 Å². The molecule has 1 atom stereocenters. The molecule has 2 fully saturated rings. The highest BCUT2D eigenvalue weighted by molar-refractivity contribution is 7.99. The monoisotopic (exact) mass is 656 g/mol. The summed E-state index contributed by atoms with van der Waals surface area (Å²) in [7, 11) is 0. The molecule has 2 N–H and O–H groups in total. The van der Waals surface area contributed by atoms with Gasteiger partial charge >= 0.3 is 6.09 Å². The topological polar surface area (TPSA) is 113 Å². The van der Waals surface area contributed by atoms with E-state index in [2.05, 4.69) is 30.1 Å². The lowest BCUT2D eigenvalue weighted by atomic mass is 9.82. The van der Waals surface area contributed by atoms with Crippen molar-refractivity contribution >= 4 is 41.1 Å². The Labute approximate surface area is 271 Å². The van der Waals surface area contributed by atoms with E-state index in [0.29, 0.717) is 66.2 Å². The molecular weight excluding hydrogens is 619 g/mol. The lowest BCUT2D eigenvalue weighted by molar-refractivity contribution is 0.00436. The fourth-order valence-corrected chi connectivity index (χ4v) is 7.08. The van der Waals surface area contributed by atoms with Gasteiger partial charge in [-0.05, 0) is 58.9 Å². The minimum Gasteiger partial charge on any atom is -0.484 e. The Bertz CT molecular complexity index is 1570. The minimum absolute atomic E-state index is 0.167. The summed E-state index contributed by atoms with van der Waals surface area (Å²) in [6.45, 7) is 11.6. The van der Waals surface area contributed by atoms with Gasteiger partial charge in [-0.15, -0.1) is 0 Å². The Morgan fingerprint density at radius 1 is 1.11 bits per heavy atom. The van der Waals surface area contributed by atoms with Crippen molar-refractivity contribution < 1.29 is 23.8 Å². The van der Waals surface area contributed by atoms with Crippen LogP contribution in [-0.2, 0) is 4.74 Å². The number of hydrogen-bond donors (Lipinski definition) is 2. The summed E-state index contributed by atoms with van der Waals surface area (Å²) >= 11 is 8.17. The maximum atomic E-state index is 14.3. The van der Waals surface area contributed by atoms with Gasteiger partial charge in [0.05, 0.1) is 23.0 Å². The van der Waals surface area contributed by atoms with Crippen molar-refractivity contribution in [2.75, 3.05) is 36.0 Å². The number of alkyl carbamates (subject to hydrolysis) is 1. The molecule has 0 radical (unpaired) electrons. The number of ether oxygens (including phenoxy) is 2. The summed E-state index contributed by atoms with van der Waals surface area (Å²) in [6, 6.07) is 5.71. The van der Waals surface area contributed by atoms with Crippen molar-refractivity contribution in [2.24, 2.45) is 5.92 Å². The molecule has 1 aromatic carbocycles. The molecule has 10 nitrogen and oxygen atoms in total. The molecule has 0 bridgehead atoms. The van der Waals surface area contributed by atoms with Gasteiger partial charge in [-0.25, -0.2) is 24.1 Å². The zero-order valence-electron chi connectivity index (χ0n) is 26.0. The van der Waals surface area contributed by atoms with Crippen LogP contribution in [0, 0.1) is 11.7 Å². The lowest BCUT2D eigenvalue weighted by Gasteiger charge is -2.46. The maximum absolute atomic E-state index is 14.3. The third-order valence-corrected chi connectivity index (χ3v) is 10.0. The highest BCUT2D eigenvalue weighted by Crippen LogP contribution is 2.49. The second-order valence-corrected chi connectivity index (χ2v) is 14.9. The SMILES string of the molecule is CC(C)(C)OC(=O)N[C@@H]1c2cc(F)ccc2OC12CCN(c1cnc(Sc3ccnc(N4CC(C(C)(C)O)C4)c3Cl)cn1)CC2. The molecule has 240 valence electrons. The number of anilines is 2. The van der Waals surface area contributed by atoms with Crippen LogP contribution in [0.2, 0.25) is 5.02 Å². The molecule has 2 aromatic heterocycles. The first-order chi connectivity index (χ1) is 21.2. The van der Waals surface area contributed by atoms with E-state index >= 15 is 0 Å². The molecule has 3 aliphatic heterocycles. The van der Waals surface area contributed by atoms with Crippen LogP contribution in [0.4, 0.5) is 20.8 Å². The molecule has 5 heterocycles. The third-order valence-electron chi connectivity index (χ3n) is 8.56. The van der Waals surface area contributed by atoms with E-state index in [9.17, 15) is 14.3 Å². The zero-order valence-corrected chi connectivity index (χ0v) is 27.6. The fraction of sp³-hybridized carbons (Fsp3) is 0.500. The Balaban J connectivity index is 1.11. The average Bonchev–Trinajstić information content (AvgIpc) is 3.20. The second-order valence-electron chi connectivity index (χ2n) is 13.4. The van der Waals surface area contributed by atoms with Gasteiger partial charge in [-0.1, -0.05) is 23.4 Å². The summed E-state index contributed by atoms with van der Waals surface area (Å²) < 4.78 is 26.2. The van der Waals surface area contributed by atoms with E-state index in [1.165, 1.54) is 23.9 Å². The Kier molecular flexibility index (Phi) is 8.28. The Morgan fingerprint density at radius 2 is 1.84 bits per heavy atom. The van der Waals surface area contributed by atoms with Crippen LogP contribution >= 0.6 is 23.4 Å². The summed E-state index contributed by atoms with van der Waals surface area (Å²) in [6.07, 6.45) is 5.78. The Hall–Kier alpha value is -3.35. The number of halogens is 2. The normalized spacial score (nSPS) is 19.6. The summed E-state index contributed by atoms with van der Waals surface area (Å²) in [5.74, 6) is 1.77. The van der Waals surface area contributed by atoms with Gasteiger partial charge < -0.3 is 29.7 Å². The van der Waals surface area contributed by atoms with E-state index in [0.717, 1.165) is 10.7 Å². The molecule has 1 spiro atoms. The molecule has 1 amide bonds. The van der Waals surface area contributed by atoms with Gasteiger partial charge in [0.2, 0.25) is 0 Å². The Morgan fingerprint density at radius 3 is 2.49 bits per heavy atom. The quantitative estimate of drug-likeness (QED) is 0.327. The van der Waals surface area contributed by atoms with Crippen molar-refractivity contribution in [3.05, 3.63) is 59.3 Å². The molecule has 3 aromatic rings. The second kappa shape index (κ2) is 11.8. The number of piperidine rings is 1. The number of nitrogens with zero attached hydrogens (tertiary/aromatic N) is 5. The number of aliphatic hydroxyl groups is 1. The van der Waals surface area contributed by atoms with Crippen molar-refractivity contribution in [1.82, 2.24) is 20.3 Å². The molecular formula is C32H38ClFN6O4S. The van der Waals surface area contributed by atoms with Gasteiger partial charge in [-0.3, -0.25) is 0 Å². The summed E-state index contributed by atoms with van der Waals surface area (Å²) in [5, 5.41) is 14.5. The number of amides is 1. The highest BCUT2D eigenvalue weighted by Gasteiger charge is 2.51. The standard InChI is InChI=1S/C32H38ClFN6O4S/c1-30(2,3)44-29(41)38-27-21-14-20(34)6-7-22(21)43-32(27)9-12-39(13-10-32)24-15-37-25(16-36-24)45-23-8-11-35-28(26(23)33)40-17-19(18-40)31(4,5)42/h6-8,11,14-16,19,27,42H,9-10,12-13,17-18H2,1-5H3,(H,38,41)/t27-/m1/s1. The van der Waals surface area contributed by atoms with E-state index < -0.39 is 28.9 Å². The van der Waals surface area contributed by atoms with Crippen molar-refractivity contribution in [3.8, 4) is 5.75 Å². The van der Waals surface area contributed by atoms with Crippen LogP contribution in [-0.4, -0.2) is 69.1 Å². The van der Waals surface area contributed by atoms with E-state index in [1.54, 1.807) is 45.4 Å². The summed E-state index contributed by atoms with van der Waals surface area (Å²) in [4.78, 5) is 31.6. The first-order valence-corrected chi connectivity index (χ1v) is 16.2. The predicted octanol–water partition coefficient (Wildman–Crippen LogP) is 6.02. The molecule has 13 heteroatoms. The van der Waals surface area contributed by atoms with E-state index in [-0.39, 0.29) is 11.7 Å². The highest BCUT2D eigenvalue weighted by atomic mass is 35.5. The number of nitrogens with one attached hydrogen (secondary N) is 1. The number of aromatic nitrogens is 3. The van der Waals surface area contributed by atoms with Gasteiger partial charge in [0.1, 0.15) is 45.5 Å². The van der Waals surface area contributed by atoms with Crippen LogP contribution in [0.1, 0.15) is 59.1 Å². The third kappa shape index (κ3) is 6.64. The first-order valence-electron chi connectivity index (χ1n) is 15.1. The van der Waals surface area contributed by atoms with Gasteiger partial charge in [-0.2, -0.15) is 0 Å². The van der Waals surface area contributed by atoms with Gasteiger partial charge in [0.15, 0.2) is 0 Å². The number of hydrogen-bond acceptors (Lipinski definition) is 10. The van der Waals surface area contributed by atoms with Crippen molar-refractivity contribution in [2.45, 2.75) is 80.2 Å². The summed E-state index contributed by atoms with van der Waals surface area (Å²) in [5.41, 5.74) is -1.55. The van der Waals surface area contributed by atoms with Crippen LogP contribution in [0.3, 0.4) is 0 Å². The molecule has 2 saturated heterocycles. The van der Waals surface area contributed by atoms with Crippen LogP contribution in [0.5, 0.6) is 5.75 Å². The van der Waals surface area contributed by atoms with Crippen LogP contribution in [0.15, 0.2) is 52.8 Å². The number of benzene rings is 1. The fourth-order valence-electron chi connectivity index (χ4n) is 5.99. The van der Waals surface area contributed by atoms with E-state index in [1.807, 2.05) is 19.9 Å². The predicted molar refractivity (Wildman–Crippen MR) is 171 cm³/mol. The molecule has 45 heavy (non-hydrogen) atoms. The maximum Gasteiger partial charge on any atom is 0.408 e. The van der Waals surface area contributed by atoms with Gasteiger partial charge in [0.25, 0.3) is 0 Å². The van der Waals surface area contributed by atoms with Gasteiger partial charge in [0, 0.05) is 61.6 Å². The largest absolute Gasteiger partial charge is 0.484 e. The minimum atomic E-state index is -0.744. The molecule has 0 aliphatic carbocycles. The van der Waals surface area contributed by atoms with Crippen LogP contribution in [0.25, 0.3) is 0 Å². The number of carbonyl (C=O) groups is 1. The van der Waals surface area contributed by atoms with Crippen molar-refractivity contribution in [3.63, 3.8) is 0 Å². The number of pyridine rings is 1. The smallest absolute Gasteiger partial charge is 0.408 e. The van der Waals surface area contributed by atoms with Crippen LogP contribution < -0.4 is 19.9 Å². The van der Waals surface area contributed by atoms with Crippen molar-refractivity contribution in [1.29, 1.82) is 0 Å². The number of rotatable bonds is 6. The lowest BCUT2D eigenvalue weighted by Crippen LogP contribution is -2.56. The molecule has 0 saturated carbocycles. The first kappa shape index (κ1) is 31.6. The number of carbonyl (C=O) groups excluding carboxylic acids is 1. The zero-order chi connectivity index (χ0) is 32.1. The molecule has 0 unspecified atom stereocenters. The molecule has 3 aliphatic rings. The number of fused-ring (bicyclic) bond motifs is 1. The average molecular weight is 657 g/mol.